The first-order chi connectivity index (χ1) is 18.9. The minimum absolute atomic E-state index is 0.00931. The zero-order valence-electron chi connectivity index (χ0n) is 25.6. The standard InChI is InChI=1S/C29H45NO11/c1-10-18(2)39-25(32)35-15-19(3)38-24(31)21(30)13-20-11-12-22(40-26(33)36-16-28(4,5)6)23(14-20)41-27(34)37-17-29(7,8)9/h11-12,14,18-19,21H,10,13,15-17,30H2,1-9H3/t18?,19-,21-/m0/s1. The van der Waals surface area contributed by atoms with Crippen LogP contribution in [0.4, 0.5) is 14.4 Å². The molecule has 12 heteroatoms. The van der Waals surface area contributed by atoms with Gasteiger partial charge in [0, 0.05) is 0 Å². The van der Waals surface area contributed by atoms with Gasteiger partial charge in [-0.15, -0.1) is 0 Å². The fourth-order valence-electron chi connectivity index (χ4n) is 2.76. The third-order valence-electron chi connectivity index (χ3n) is 5.02. The van der Waals surface area contributed by atoms with Crippen LogP contribution < -0.4 is 15.2 Å². The second-order valence-corrected chi connectivity index (χ2v) is 12.1. The zero-order valence-corrected chi connectivity index (χ0v) is 25.6. The molecule has 3 atom stereocenters. The van der Waals surface area contributed by atoms with Gasteiger partial charge in [-0.2, -0.15) is 0 Å². The Morgan fingerprint density at radius 2 is 1.29 bits per heavy atom. The van der Waals surface area contributed by atoms with Crippen LogP contribution >= 0.6 is 0 Å². The smallest absolute Gasteiger partial charge is 0.458 e. The maximum atomic E-state index is 12.5. The fourth-order valence-corrected chi connectivity index (χ4v) is 2.76. The van der Waals surface area contributed by atoms with Gasteiger partial charge in [0.05, 0.1) is 13.2 Å². The molecule has 0 fully saturated rings. The summed E-state index contributed by atoms with van der Waals surface area (Å²) in [4.78, 5) is 48.8. The molecule has 0 heterocycles. The van der Waals surface area contributed by atoms with E-state index in [0.29, 0.717) is 12.0 Å². The first kappa shape index (κ1) is 35.5. The molecule has 0 saturated heterocycles. The Hall–Kier alpha value is -3.54. The SMILES string of the molecule is CCC(C)OC(=O)OC[C@H](C)OC(=O)[C@@H](N)Cc1ccc(OC(=O)OCC(C)(C)C)c(OC(=O)OCC(C)(C)C)c1. The molecule has 0 aliphatic carbocycles. The van der Waals surface area contributed by atoms with Gasteiger partial charge in [0.15, 0.2) is 11.5 Å². The molecule has 0 aliphatic rings. The highest BCUT2D eigenvalue weighted by Gasteiger charge is 2.23. The van der Waals surface area contributed by atoms with Crippen molar-refractivity contribution in [3.8, 4) is 11.5 Å². The second-order valence-electron chi connectivity index (χ2n) is 12.1. The van der Waals surface area contributed by atoms with Gasteiger partial charge in [0.1, 0.15) is 24.9 Å². The number of hydrogen-bond acceptors (Lipinski definition) is 12. The Morgan fingerprint density at radius 1 is 0.756 bits per heavy atom. The average molecular weight is 584 g/mol. The number of ether oxygens (including phenoxy) is 7. The molecule has 0 amide bonds. The first-order valence-corrected chi connectivity index (χ1v) is 13.5. The topological polar surface area (TPSA) is 159 Å². The Kier molecular flexibility index (Phi) is 13.9. The highest BCUT2D eigenvalue weighted by atomic mass is 16.7. The Balaban J connectivity index is 2.90. The third-order valence-corrected chi connectivity index (χ3v) is 5.02. The van der Waals surface area contributed by atoms with Gasteiger partial charge in [0.2, 0.25) is 0 Å². The number of rotatable bonds is 12. The van der Waals surface area contributed by atoms with Crippen molar-refractivity contribution < 1.29 is 52.3 Å². The highest BCUT2D eigenvalue weighted by Crippen LogP contribution is 2.30. The van der Waals surface area contributed by atoms with Crippen molar-refractivity contribution >= 4 is 24.4 Å². The molecule has 0 aromatic heterocycles. The normalized spacial score (nSPS) is 13.7. The predicted octanol–water partition coefficient (Wildman–Crippen LogP) is 5.56. The molecule has 2 N–H and O–H groups in total. The lowest BCUT2D eigenvalue weighted by Crippen LogP contribution is -2.37. The summed E-state index contributed by atoms with van der Waals surface area (Å²) >= 11 is 0. The molecule has 41 heavy (non-hydrogen) atoms. The van der Waals surface area contributed by atoms with Crippen LogP contribution in [-0.4, -0.2) is 62.5 Å². The van der Waals surface area contributed by atoms with Crippen LogP contribution in [0.25, 0.3) is 0 Å². The molecule has 0 bridgehead atoms. The Morgan fingerprint density at radius 3 is 1.80 bits per heavy atom. The van der Waals surface area contributed by atoms with E-state index in [1.54, 1.807) is 19.9 Å². The average Bonchev–Trinajstić information content (AvgIpc) is 2.85. The summed E-state index contributed by atoms with van der Waals surface area (Å²) in [6.07, 6.45) is -3.29. The molecule has 12 nitrogen and oxygen atoms in total. The maximum absolute atomic E-state index is 12.5. The maximum Gasteiger partial charge on any atom is 0.513 e. The molecule has 232 valence electrons. The van der Waals surface area contributed by atoms with E-state index in [0.717, 1.165) is 0 Å². The predicted molar refractivity (Wildman–Crippen MR) is 149 cm³/mol. The van der Waals surface area contributed by atoms with E-state index in [4.69, 9.17) is 38.9 Å². The van der Waals surface area contributed by atoms with E-state index < -0.39 is 36.6 Å². The molecule has 1 unspecified atom stereocenters. The van der Waals surface area contributed by atoms with E-state index in [2.05, 4.69) is 0 Å². The monoisotopic (exact) mass is 583 g/mol. The third kappa shape index (κ3) is 15.7. The molecule has 0 aliphatic heterocycles. The van der Waals surface area contributed by atoms with Gasteiger partial charge in [-0.3, -0.25) is 4.79 Å². The lowest BCUT2D eigenvalue weighted by Gasteiger charge is -2.19. The quantitative estimate of drug-likeness (QED) is 0.186. The molecule has 1 aromatic carbocycles. The van der Waals surface area contributed by atoms with E-state index in [1.165, 1.54) is 12.1 Å². The molecule has 0 saturated carbocycles. The van der Waals surface area contributed by atoms with Crippen molar-refractivity contribution in [1.82, 2.24) is 0 Å². The van der Waals surface area contributed by atoms with Gasteiger partial charge in [-0.1, -0.05) is 54.5 Å². The van der Waals surface area contributed by atoms with Crippen molar-refractivity contribution in [2.24, 2.45) is 16.6 Å². The Bertz CT molecular complexity index is 1030. The van der Waals surface area contributed by atoms with Crippen LogP contribution in [0.3, 0.4) is 0 Å². The molecular weight excluding hydrogens is 538 g/mol. The van der Waals surface area contributed by atoms with Crippen molar-refractivity contribution in [2.45, 2.75) is 93.4 Å². The van der Waals surface area contributed by atoms with E-state index >= 15 is 0 Å². The molecule has 1 aromatic rings. The van der Waals surface area contributed by atoms with Crippen LogP contribution in [0.15, 0.2) is 18.2 Å². The zero-order chi connectivity index (χ0) is 31.4. The lowest BCUT2D eigenvalue weighted by molar-refractivity contribution is -0.152. The van der Waals surface area contributed by atoms with Crippen molar-refractivity contribution in [1.29, 1.82) is 0 Å². The number of carbonyl (C=O) groups excluding carboxylic acids is 4. The Labute approximate surface area is 242 Å². The summed E-state index contributed by atoms with van der Waals surface area (Å²) in [5, 5.41) is 0. The van der Waals surface area contributed by atoms with Crippen molar-refractivity contribution in [2.75, 3.05) is 19.8 Å². The molecule has 0 spiro atoms. The van der Waals surface area contributed by atoms with Gasteiger partial charge >= 0.3 is 24.4 Å². The minimum atomic E-state index is -1.10. The number of hydrogen-bond donors (Lipinski definition) is 1. The fraction of sp³-hybridized carbons (Fsp3) is 0.655. The van der Waals surface area contributed by atoms with Crippen molar-refractivity contribution in [3.63, 3.8) is 0 Å². The summed E-state index contributed by atoms with van der Waals surface area (Å²) < 4.78 is 36.1. The molecular formula is C29H45NO11. The number of esters is 1. The van der Waals surface area contributed by atoms with Crippen LogP contribution in [0, 0.1) is 10.8 Å². The molecule has 0 radical (unpaired) electrons. The minimum Gasteiger partial charge on any atom is -0.458 e. The van der Waals surface area contributed by atoms with Crippen molar-refractivity contribution in [3.05, 3.63) is 23.8 Å². The van der Waals surface area contributed by atoms with Gasteiger partial charge in [-0.05, 0) is 55.2 Å². The van der Waals surface area contributed by atoms with Crippen LogP contribution in [0.5, 0.6) is 11.5 Å². The number of carbonyl (C=O) groups is 4. The van der Waals surface area contributed by atoms with Gasteiger partial charge in [0.25, 0.3) is 0 Å². The molecule has 1 rings (SSSR count). The largest absolute Gasteiger partial charge is 0.513 e. The van der Waals surface area contributed by atoms with Crippen LogP contribution in [-0.2, 0) is 34.9 Å². The second kappa shape index (κ2) is 16.0. The highest BCUT2D eigenvalue weighted by molar-refractivity contribution is 5.76. The summed E-state index contributed by atoms with van der Waals surface area (Å²) in [5.74, 6) is -0.961. The van der Waals surface area contributed by atoms with E-state index in [1.807, 2.05) is 48.5 Å². The van der Waals surface area contributed by atoms with Gasteiger partial charge in [-0.25, -0.2) is 14.4 Å². The number of nitrogens with two attached hydrogens (primary N) is 1. The van der Waals surface area contributed by atoms with Gasteiger partial charge < -0.3 is 38.9 Å². The number of benzene rings is 1. The van der Waals surface area contributed by atoms with Crippen LogP contribution in [0.1, 0.15) is 74.3 Å². The summed E-state index contributed by atoms with van der Waals surface area (Å²) in [6.45, 7) is 16.4. The van der Waals surface area contributed by atoms with E-state index in [-0.39, 0.29) is 54.7 Å². The summed E-state index contributed by atoms with van der Waals surface area (Å²) in [7, 11) is 0. The van der Waals surface area contributed by atoms with E-state index in [9.17, 15) is 19.2 Å². The lowest BCUT2D eigenvalue weighted by atomic mass is 9.99. The first-order valence-electron chi connectivity index (χ1n) is 13.5. The van der Waals surface area contributed by atoms with Crippen LogP contribution in [0.2, 0.25) is 0 Å². The summed E-state index contributed by atoms with van der Waals surface area (Å²) in [5.41, 5.74) is 5.92. The summed E-state index contributed by atoms with van der Waals surface area (Å²) in [6, 6.07) is 3.23.